The van der Waals surface area contributed by atoms with Crippen LogP contribution in [0.3, 0.4) is 0 Å². The van der Waals surface area contributed by atoms with Gasteiger partial charge in [-0.1, -0.05) is 12.1 Å². The second-order valence-electron chi connectivity index (χ2n) is 5.83. The van der Waals surface area contributed by atoms with Gasteiger partial charge in [-0.2, -0.15) is 0 Å². The highest BCUT2D eigenvalue weighted by atomic mass is 16.2. The third kappa shape index (κ3) is 3.10. The number of aryl methyl sites for hydroxylation is 1. The monoisotopic (exact) mass is 327 g/mol. The van der Waals surface area contributed by atoms with E-state index < -0.39 is 0 Å². The number of benzene rings is 1. The van der Waals surface area contributed by atoms with Crippen LogP contribution in [0.15, 0.2) is 47.8 Å². The second-order valence-corrected chi connectivity index (χ2v) is 5.83. The van der Waals surface area contributed by atoms with E-state index in [9.17, 15) is 9.59 Å². The number of hydrogen-bond acceptors (Lipinski definition) is 3. The van der Waals surface area contributed by atoms with Gasteiger partial charge in [-0.15, -0.1) is 0 Å². The van der Waals surface area contributed by atoms with E-state index in [1.54, 1.807) is 17.1 Å². The molecule has 1 amide bonds. The van der Waals surface area contributed by atoms with Crippen LogP contribution in [0.5, 0.6) is 0 Å². The fraction of sp³-hybridized carbons (Fsp3) is 0.353. The minimum atomic E-state index is -0.177. The van der Waals surface area contributed by atoms with E-state index in [4.69, 9.17) is 0 Å². The second kappa shape index (κ2) is 6.74. The normalized spacial score (nSPS) is 12.4. The van der Waals surface area contributed by atoms with Crippen LogP contribution in [0.4, 0.5) is 0 Å². The van der Waals surface area contributed by atoms with Gasteiger partial charge in [0.05, 0.1) is 17.4 Å². The third-order valence-corrected chi connectivity index (χ3v) is 3.99. The lowest BCUT2D eigenvalue weighted by Crippen LogP contribution is -2.39. The molecule has 0 saturated heterocycles. The summed E-state index contributed by atoms with van der Waals surface area (Å²) in [5.74, 6) is -0.177. The molecule has 2 aromatic heterocycles. The van der Waals surface area contributed by atoms with Crippen molar-refractivity contribution in [2.45, 2.75) is 39.5 Å². The van der Waals surface area contributed by atoms with Gasteiger partial charge in [0, 0.05) is 31.5 Å². The summed E-state index contributed by atoms with van der Waals surface area (Å²) in [7, 11) is 0. The molecule has 126 valence electrons. The van der Waals surface area contributed by atoms with Crippen molar-refractivity contribution in [3.63, 3.8) is 0 Å². The number of carbonyl (C=O) groups is 1. The molecule has 0 spiro atoms. The van der Waals surface area contributed by atoms with Crippen LogP contribution in [-0.4, -0.2) is 30.6 Å². The summed E-state index contributed by atoms with van der Waals surface area (Å²) in [5, 5.41) is 2.93. The van der Waals surface area contributed by atoms with E-state index in [-0.39, 0.29) is 24.2 Å². The quantitative estimate of drug-likeness (QED) is 0.740. The Morgan fingerprint density at radius 2 is 1.96 bits per heavy atom. The van der Waals surface area contributed by atoms with Crippen molar-refractivity contribution in [2.24, 2.45) is 0 Å². The summed E-state index contributed by atoms with van der Waals surface area (Å²) in [6.07, 6.45) is 5.26. The molecule has 24 heavy (non-hydrogen) atoms. The van der Waals surface area contributed by atoms with Crippen LogP contribution in [0.1, 0.15) is 13.8 Å². The van der Waals surface area contributed by atoms with Gasteiger partial charge in [-0.05, 0) is 26.0 Å². The van der Waals surface area contributed by atoms with Crippen LogP contribution in [0, 0.1) is 0 Å². The maximum absolute atomic E-state index is 12.5. The molecule has 7 heteroatoms. The van der Waals surface area contributed by atoms with Crippen LogP contribution >= 0.6 is 0 Å². The number of aromatic nitrogens is 4. The number of imidazole rings is 2. The molecule has 0 aliphatic heterocycles. The van der Waals surface area contributed by atoms with Crippen molar-refractivity contribution < 1.29 is 4.79 Å². The summed E-state index contributed by atoms with van der Waals surface area (Å²) in [5.41, 5.74) is 1.47. The first kappa shape index (κ1) is 16.0. The number of rotatable bonds is 6. The molecule has 0 aliphatic carbocycles. The number of nitrogens with one attached hydrogen (secondary N) is 1. The molecule has 0 aliphatic rings. The summed E-state index contributed by atoms with van der Waals surface area (Å²) in [6, 6.07) is 7.48. The molecule has 7 nitrogen and oxygen atoms in total. The van der Waals surface area contributed by atoms with Crippen LogP contribution in [0.2, 0.25) is 0 Å². The lowest BCUT2D eigenvalue weighted by molar-refractivity contribution is -0.122. The molecule has 0 saturated carbocycles. The number of para-hydroxylation sites is 2. The van der Waals surface area contributed by atoms with Crippen molar-refractivity contribution in [2.75, 3.05) is 0 Å². The Balaban J connectivity index is 1.76. The molecule has 2 heterocycles. The van der Waals surface area contributed by atoms with Gasteiger partial charge in [0.1, 0.15) is 6.54 Å². The predicted molar refractivity (Wildman–Crippen MR) is 91.7 cm³/mol. The predicted octanol–water partition coefficient (Wildman–Crippen LogP) is 1.22. The third-order valence-electron chi connectivity index (χ3n) is 3.99. The lowest BCUT2D eigenvalue weighted by Gasteiger charge is -2.14. The number of carbonyl (C=O) groups excluding carboxylic acids is 1. The van der Waals surface area contributed by atoms with Gasteiger partial charge < -0.3 is 9.88 Å². The molecule has 1 atom stereocenters. The van der Waals surface area contributed by atoms with Gasteiger partial charge in [0.25, 0.3) is 0 Å². The highest BCUT2D eigenvalue weighted by Crippen LogP contribution is 2.12. The molecule has 0 bridgehead atoms. The summed E-state index contributed by atoms with van der Waals surface area (Å²) >= 11 is 0. The zero-order valence-electron chi connectivity index (χ0n) is 13.8. The van der Waals surface area contributed by atoms with Gasteiger partial charge in [-0.25, -0.2) is 9.78 Å². The van der Waals surface area contributed by atoms with E-state index >= 15 is 0 Å². The van der Waals surface area contributed by atoms with Crippen molar-refractivity contribution >= 4 is 16.9 Å². The zero-order valence-corrected chi connectivity index (χ0v) is 13.8. The molecule has 3 aromatic rings. The topological polar surface area (TPSA) is 73.8 Å². The van der Waals surface area contributed by atoms with Gasteiger partial charge >= 0.3 is 5.69 Å². The Morgan fingerprint density at radius 3 is 2.58 bits per heavy atom. The van der Waals surface area contributed by atoms with Crippen LogP contribution < -0.4 is 11.0 Å². The summed E-state index contributed by atoms with van der Waals surface area (Å²) in [6.45, 7) is 5.07. The Hall–Kier alpha value is -2.83. The highest BCUT2D eigenvalue weighted by molar-refractivity contribution is 5.81. The fourth-order valence-corrected chi connectivity index (χ4v) is 2.95. The fourth-order valence-electron chi connectivity index (χ4n) is 2.95. The smallest absolute Gasteiger partial charge is 0.329 e. The van der Waals surface area contributed by atoms with Crippen LogP contribution in [-0.2, 0) is 24.4 Å². The van der Waals surface area contributed by atoms with Crippen molar-refractivity contribution in [1.29, 1.82) is 0 Å². The Labute approximate surface area is 139 Å². The number of nitrogens with zero attached hydrogens (tertiary/aromatic N) is 4. The largest absolute Gasteiger partial charge is 0.350 e. The SMILES string of the molecule is CCn1c(=O)n(CC(=O)N[C@H](C)Cn2ccnc2)c2ccccc21. The molecular weight excluding hydrogens is 306 g/mol. The van der Waals surface area contributed by atoms with E-state index in [1.165, 1.54) is 4.57 Å². The van der Waals surface area contributed by atoms with Gasteiger partial charge in [0.15, 0.2) is 0 Å². The van der Waals surface area contributed by atoms with Crippen molar-refractivity contribution in [1.82, 2.24) is 24.0 Å². The average molecular weight is 327 g/mol. The van der Waals surface area contributed by atoms with Crippen LogP contribution in [0.25, 0.3) is 11.0 Å². The zero-order chi connectivity index (χ0) is 17.1. The van der Waals surface area contributed by atoms with E-state index in [1.807, 2.05) is 48.9 Å². The average Bonchev–Trinajstić information content (AvgIpc) is 3.14. The first-order valence-electron chi connectivity index (χ1n) is 8.03. The number of fused-ring (bicyclic) bond motifs is 1. The molecular formula is C17H21N5O2. The minimum absolute atomic E-state index is 0.0145. The highest BCUT2D eigenvalue weighted by Gasteiger charge is 2.15. The van der Waals surface area contributed by atoms with E-state index in [0.717, 1.165) is 11.0 Å². The Morgan fingerprint density at radius 1 is 1.25 bits per heavy atom. The number of hydrogen-bond donors (Lipinski definition) is 1. The van der Waals surface area contributed by atoms with E-state index in [0.29, 0.717) is 13.1 Å². The maximum atomic E-state index is 12.5. The molecule has 0 fully saturated rings. The van der Waals surface area contributed by atoms with Gasteiger partial charge in [-0.3, -0.25) is 13.9 Å². The van der Waals surface area contributed by atoms with Crippen molar-refractivity contribution in [3.05, 3.63) is 53.5 Å². The Bertz CT molecular complexity index is 891. The van der Waals surface area contributed by atoms with Crippen molar-refractivity contribution in [3.8, 4) is 0 Å². The minimum Gasteiger partial charge on any atom is -0.350 e. The molecule has 0 unspecified atom stereocenters. The molecule has 1 aromatic carbocycles. The molecule has 1 N–H and O–H groups in total. The first-order chi connectivity index (χ1) is 11.6. The van der Waals surface area contributed by atoms with Gasteiger partial charge in [0.2, 0.25) is 5.91 Å². The first-order valence-corrected chi connectivity index (χ1v) is 8.03. The maximum Gasteiger partial charge on any atom is 0.329 e. The molecule has 3 rings (SSSR count). The van der Waals surface area contributed by atoms with E-state index in [2.05, 4.69) is 10.3 Å². The standard InChI is InChI=1S/C17H21N5O2/c1-3-21-14-6-4-5-7-15(14)22(17(21)24)11-16(23)19-13(2)10-20-9-8-18-12-20/h4-9,12-13H,3,10-11H2,1-2H3,(H,19,23)/t13-/m1/s1. The molecule has 0 radical (unpaired) electrons. The number of amides is 1. The summed E-state index contributed by atoms with van der Waals surface area (Å²) in [4.78, 5) is 28.9. The summed E-state index contributed by atoms with van der Waals surface area (Å²) < 4.78 is 5.11. The Kier molecular flexibility index (Phi) is 4.50. The lowest BCUT2D eigenvalue weighted by atomic mass is 10.3.